The Kier molecular flexibility index (Phi) is 7.88. The minimum absolute atomic E-state index is 0.0162. The molecule has 5 aromatic rings. The summed E-state index contributed by atoms with van der Waals surface area (Å²) in [5, 5.41) is 14.5. The zero-order valence-electron chi connectivity index (χ0n) is 24.1. The lowest BCUT2D eigenvalue weighted by molar-refractivity contribution is -0.137. The van der Waals surface area contributed by atoms with Gasteiger partial charge in [-0.25, -0.2) is 4.79 Å². The lowest BCUT2D eigenvalue weighted by atomic mass is 9.94. The maximum Gasteiger partial charge on any atom is 0.340 e. The van der Waals surface area contributed by atoms with Crippen LogP contribution in [-0.2, 0) is 40.1 Å². The number of carboxylic acid groups (broad SMARTS) is 1. The highest BCUT2D eigenvalue weighted by Crippen LogP contribution is 2.35. The molecule has 1 aliphatic carbocycles. The molecular weight excluding hydrogens is 548 g/mol. The summed E-state index contributed by atoms with van der Waals surface area (Å²) in [5.41, 5.74) is 4.46. The molecule has 0 spiro atoms. The monoisotopic (exact) mass is 582 g/mol. The maximum atomic E-state index is 13.4. The Morgan fingerprint density at radius 3 is 2.58 bits per heavy atom. The van der Waals surface area contributed by atoms with Crippen molar-refractivity contribution >= 4 is 50.5 Å². The number of aliphatic carboxylic acids is 1. The summed E-state index contributed by atoms with van der Waals surface area (Å²) in [5.74, 6) is -0.558. The van der Waals surface area contributed by atoms with Crippen LogP contribution >= 0.6 is 0 Å². The van der Waals surface area contributed by atoms with Gasteiger partial charge in [0.1, 0.15) is 16.9 Å². The molecule has 3 N–H and O–H groups in total. The number of ketones is 1. The standard InChI is InChI=1S/C34H34N2O7/c1-19-23-15-25-22-9-3-6-12-29(22)42-31(25)17-30(23)43-34(41)24(19)16-32(38)36-27(28(37)11-5-7-13-33(39)40)14-20-18-35-26-10-4-2-8-21(20)26/h2,4,8,10,15,17-18,27,35H,3,5-7,9,11-14,16H2,1H3,(H,36,38)(H,39,40). The normalized spacial score (nSPS) is 13.8. The highest BCUT2D eigenvalue weighted by atomic mass is 16.4. The number of H-pyrrole nitrogens is 1. The van der Waals surface area contributed by atoms with Gasteiger partial charge < -0.3 is 24.2 Å². The summed E-state index contributed by atoms with van der Waals surface area (Å²) < 4.78 is 11.7. The second kappa shape index (κ2) is 11.9. The minimum Gasteiger partial charge on any atom is -0.481 e. The van der Waals surface area contributed by atoms with Crippen molar-refractivity contribution in [2.45, 2.75) is 77.2 Å². The fraction of sp³-hybridized carbons (Fsp3) is 0.353. The molecule has 0 saturated carbocycles. The van der Waals surface area contributed by atoms with E-state index in [2.05, 4.69) is 10.3 Å². The molecule has 2 aromatic carbocycles. The number of hydrogen-bond acceptors (Lipinski definition) is 6. The molecule has 0 bridgehead atoms. The Hall–Kier alpha value is -4.66. The summed E-state index contributed by atoms with van der Waals surface area (Å²) in [4.78, 5) is 53.9. The zero-order valence-corrected chi connectivity index (χ0v) is 24.1. The van der Waals surface area contributed by atoms with E-state index in [4.69, 9.17) is 13.9 Å². The van der Waals surface area contributed by atoms with E-state index < -0.39 is 23.5 Å². The summed E-state index contributed by atoms with van der Waals surface area (Å²) in [6.45, 7) is 1.82. The van der Waals surface area contributed by atoms with Gasteiger partial charge in [0.2, 0.25) is 5.91 Å². The van der Waals surface area contributed by atoms with Gasteiger partial charge in [0.05, 0.1) is 18.0 Å². The number of para-hydroxylation sites is 1. The molecule has 1 amide bonds. The number of benzene rings is 2. The Morgan fingerprint density at radius 2 is 1.74 bits per heavy atom. The molecule has 1 atom stereocenters. The number of aromatic amines is 1. The van der Waals surface area contributed by atoms with Crippen LogP contribution in [0.2, 0.25) is 0 Å². The number of unbranched alkanes of at least 4 members (excludes halogenated alkanes) is 1. The molecule has 6 rings (SSSR count). The van der Waals surface area contributed by atoms with Gasteiger partial charge in [0.25, 0.3) is 0 Å². The number of nitrogens with one attached hydrogen (secondary N) is 2. The minimum atomic E-state index is -0.908. The van der Waals surface area contributed by atoms with Gasteiger partial charge in [-0.3, -0.25) is 14.4 Å². The van der Waals surface area contributed by atoms with Gasteiger partial charge in [-0.1, -0.05) is 18.2 Å². The van der Waals surface area contributed by atoms with Crippen LogP contribution in [0.4, 0.5) is 0 Å². The number of rotatable bonds is 11. The average Bonchev–Trinajstić information content (AvgIpc) is 3.57. The Bertz CT molecular complexity index is 1930. The van der Waals surface area contributed by atoms with Crippen molar-refractivity contribution in [1.82, 2.24) is 10.3 Å². The predicted molar refractivity (Wildman–Crippen MR) is 162 cm³/mol. The molecule has 222 valence electrons. The number of aromatic nitrogens is 1. The fourth-order valence-corrected chi connectivity index (χ4v) is 6.27. The lowest BCUT2D eigenvalue weighted by Gasteiger charge is -2.18. The number of hydrogen-bond donors (Lipinski definition) is 3. The molecule has 0 fully saturated rings. The summed E-state index contributed by atoms with van der Waals surface area (Å²) in [6, 6.07) is 10.7. The Morgan fingerprint density at radius 1 is 0.977 bits per heavy atom. The first kappa shape index (κ1) is 28.5. The van der Waals surface area contributed by atoms with Crippen molar-refractivity contribution in [2.24, 2.45) is 0 Å². The average molecular weight is 583 g/mol. The van der Waals surface area contributed by atoms with E-state index in [-0.39, 0.29) is 37.0 Å². The van der Waals surface area contributed by atoms with Gasteiger partial charge in [-0.05, 0) is 62.3 Å². The number of amides is 1. The van der Waals surface area contributed by atoms with E-state index >= 15 is 0 Å². The van der Waals surface area contributed by atoms with Crippen molar-refractivity contribution in [3.8, 4) is 0 Å². The molecule has 9 nitrogen and oxygen atoms in total. The first-order chi connectivity index (χ1) is 20.8. The van der Waals surface area contributed by atoms with Gasteiger partial charge in [-0.15, -0.1) is 0 Å². The van der Waals surface area contributed by atoms with E-state index in [1.807, 2.05) is 43.5 Å². The molecule has 43 heavy (non-hydrogen) atoms. The van der Waals surface area contributed by atoms with Crippen molar-refractivity contribution in [2.75, 3.05) is 0 Å². The predicted octanol–water partition coefficient (Wildman–Crippen LogP) is 5.69. The van der Waals surface area contributed by atoms with Crippen LogP contribution in [-0.4, -0.2) is 33.8 Å². The van der Waals surface area contributed by atoms with Crippen LogP contribution in [0.1, 0.15) is 66.5 Å². The maximum absolute atomic E-state index is 13.4. The number of furan rings is 1. The zero-order chi connectivity index (χ0) is 30.1. The number of carbonyl (C=O) groups excluding carboxylic acids is 2. The highest BCUT2D eigenvalue weighted by Gasteiger charge is 2.25. The van der Waals surface area contributed by atoms with E-state index in [9.17, 15) is 19.2 Å². The molecule has 1 unspecified atom stereocenters. The quantitative estimate of drug-likeness (QED) is 0.134. The second-order valence-corrected chi connectivity index (χ2v) is 11.5. The Labute approximate surface area is 247 Å². The van der Waals surface area contributed by atoms with Gasteiger partial charge >= 0.3 is 11.6 Å². The van der Waals surface area contributed by atoms with Gasteiger partial charge in [0.15, 0.2) is 5.78 Å². The highest BCUT2D eigenvalue weighted by molar-refractivity contribution is 5.98. The fourth-order valence-electron chi connectivity index (χ4n) is 6.27. The first-order valence-corrected chi connectivity index (χ1v) is 14.9. The van der Waals surface area contributed by atoms with Crippen molar-refractivity contribution in [3.05, 3.63) is 81.0 Å². The number of aryl methyl sites for hydroxylation is 3. The largest absolute Gasteiger partial charge is 0.481 e. The van der Waals surface area contributed by atoms with Crippen molar-refractivity contribution in [3.63, 3.8) is 0 Å². The van der Waals surface area contributed by atoms with Crippen LogP contribution in [0, 0.1) is 6.92 Å². The van der Waals surface area contributed by atoms with Crippen LogP contribution in [0.5, 0.6) is 0 Å². The number of Topliss-reactive ketones (excluding diaryl/α,β-unsaturated/α-hetero) is 1. The molecule has 3 aromatic heterocycles. The SMILES string of the molecule is Cc1c(CC(=O)NC(Cc2c[nH]c3ccccc23)C(=O)CCCCC(=O)O)c(=O)oc2cc3oc4c(c3cc12)CCCC4. The van der Waals surface area contributed by atoms with Crippen LogP contribution in [0.15, 0.2) is 56.2 Å². The molecule has 9 heteroatoms. The van der Waals surface area contributed by atoms with Crippen LogP contribution in [0.25, 0.3) is 32.8 Å². The molecular formula is C34H34N2O7. The molecule has 1 aliphatic rings. The van der Waals surface area contributed by atoms with E-state index in [1.54, 1.807) is 6.07 Å². The number of carboxylic acids is 1. The summed E-state index contributed by atoms with van der Waals surface area (Å²) in [6.07, 6.45) is 6.81. The third kappa shape index (κ3) is 5.84. The first-order valence-electron chi connectivity index (χ1n) is 14.9. The van der Waals surface area contributed by atoms with E-state index in [1.165, 1.54) is 5.56 Å². The number of carbonyl (C=O) groups is 3. The van der Waals surface area contributed by atoms with E-state index in [0.29, 0.717) is 29.6 Å². The van der Waals surface area contributed by atoms with Crippen molar-refractivity contribution in [1.29, 1.82) is 0 Å². The molecule has 0 radical (unpaired) electrons. The molecule has 0 aliphatic heterocycles. The Balaban J connectivity index is 1.25. The van der Waals surface area contributed by atoms with Crippen LogP contribution in [0.3, 0.4) is 0 Å². The van der Waals surface area contributed by atoms with Gasteiger partial charge in [0, 0.05) is 65.2 Å². The van der Waals surface area contributed by atoms with Gasteiger partial charge in [-0.2, -0.15) is 0 Å². The lowest BCUT2D eigenvalue weighted by Crippen LogP contribution is -2.43. The molecule has 3 heterocycles. The smallest absolute Gasteiger partial charge is 0.340 e. The van der Waals surface area contributed by atoms with Crippen molar-refractivity contribution < 1.29 is 28.3 Å². The van der Waals surface area contributed by atoms with E-state index in [0.717, 1.165) is 58.7 Å². The third-order valence-corrected chi connectivity index (χ3v) is 8.59. The third-order valence-electron chi connectivity index (χ3n) is 8.59. The molecule has 0 saturated heterocycles. The summed E-state index contributed by atoms with van der Waals surface area (Å²) in [7, 11) is 0. The topological polar surface area (TPSA) is 143 Å². The number of fused-ring (bicyclic) bond motifs is 5. The second-order valence-electron chi connectivity index (χ2n) is 11.5. The van der Waals surface area contributed by atoms with Crippen LogP contribution < -0.4 is 10.9 Å². The summed E-state index contributed by atoms with van der Waals surface area (Å²) >= 11 is 0.